The second-order valence-electron chi connectivity index (χ2n) is 8.34. The predicted octanol–water partition coefficient (Wildman–Crippen LogP) is 5.34. The third-order valence-electron chi connectivity index (χ3n) is 6.03. The lowest BCUT2D eigenvalue weighted by Gasteiger charge is -2.26. The van der Waals surface area contributed by atoms with Crippen LogP contribution in [-0.2, 0) is 0 Å². The Morgan fingerprint density at radius 1 is 1.00 bits per heavy atom. The second kappa shape index (κ2) is 9.68. The highest BCUT2D eigenvalue weighted by molar-refractivity contribution is 7.10. The minimum atomic E-state index is -0.0758. The molecule has 33 heavy (non-hydrogen) atoms. The molecule has 0 radical (unpaired) electrons. The van der Waals surface area contributed by atoms with Gasteiger partial charge in [0.05, 0.1) is 6.04 Å². The maximum atomic E-state index is 12.8. The van der Waals surface area contributed by atoms with E-state index in [9.17, 15) is 4.79 Å². The number of hydrogen-bond acceptors (Lipinski definition) is 6. The van der Waals surface area contributed by atoms with Crippen molar-refractivity contribution < 1.29 is 9.21 Å². The van der Waals surface area contributed by atoms with Gasteiger partial charge in [0.15, 0.2) is 0 Å². The number of hydrogen-bond donors (Lipinski definition) is 1. The SMILES string of the molecule is Cc1ccc(-c2nnc(-c3ccc(C(=O)NCC(c4cccs4)N4CCCC4)cc3)o2)cc1. The van der Waals surface area contributed by atoms with Gasteiger partial charge in [-0.25, -0.2) is 0 Å². The van der Waals surface area contributed by atoms with E-state index < -0.39 is 0 Å². The molecule has 4 aromatic rings. The van der Waals surface area contributed by atoms with Crippen molar-refractivity contribution in [1.82, 2.24) is 20.4 Å². The molecule has 1 aliphatic rings. The monoisotopic (exact) mass is 458 g/mol. The Hall–Kier alpha value is -3.29. The molecule has 6 nitrogen and oxygen atoms in total. The van der Waals surface area contributed by atoms with Crippen LogP contribution in [0, 0.1) is 6.92 Å². The number of nitrogens with one attached hydrogen (secondary N) is 1. The molecule has 1 saturated heterocycles. The number of carbonyl (C=O) groups is 1. The zero-order valence-electron chi connectivity index (χ0n) is 18.5. The van der Waals surface area contributed by atoms with Gasteiger partial charge in [0.25, 0.3) is 5.91 Å². The highest BCUT2D eigenvalue weighted by atomic mass is 32.1. The van der Waals surface area contributed by atoms with Crippen LogP contribution in [0.1, 0.15) is 39.7 Å². The molecule has 2 aromatic carbocycles. The number of likely N-dealkylation sites (tertiary alicyclic amines) is 1. The molecule has 1 N–H and O–H groups in total. The smallest absolute Gasteiger partial charge is 0.251 e. The van der Waals surface area contributed by atoms with Gasteiger partial charge in [-0.2, -0.15) is 0 Å². The number of nitrogens with zero attached hydrogens (tertiary/aromatic N) is 3. The van der Waals surface area contributed by atoms with E-state index in [0.29, 0.717) is 23.9 Å². The molecule has 1 aliphatic heterocycles. The molecule has 0 spiro atoms. The number of carbonyl (C=O) groups excluding carboxylic acids is 1. The van der Waals surface area contributed by atoms with Gasteiger partial charge in [0.2, 0.25) is 11.8 Å². The summed E-state index contributed by atoms with van der Waals surface area (Å²) in [4.78, 5) is 16.6. The molecular weight excluding hydrogens is 432 g/mol. The fourth-order valence-electron chi connectivity index (χ4n) is 4.15. The molecule has 1 fully saturated rings. The summed E-state index contributed by atoms with van der Waals surface area (Å²) in [5, 5.41) is 13.6. The summed E-state index contributed by atoms with van der Waals surface area (Å²) in [6, 6.07) is 19.7. The van der Waals surface area contributed by atoms with Crippen LogP contribution in [0.15, 0.2) is 70.5 Å². The molecule has 1 amide bonds. The Morgan fingerprint density at radius 2 is 1.64 bits per heavy atom. The minimum Gasteiger partial charge on any atom is -0.416 e. The Bertz CT molecular complexity index is 1190. The zero-order valence-corrected chi connectivity index (χ0v) is 19.3. The van der Waals surface area contributed by atoms with Crippen molar-refractivity contribution in [3.8, 4) is 22.9 Å². The van der Waals surface area contributed by atoms with E-state index in [2.05, 4.69) is 37.9 Å². The summed E-state index contributed by atoms with van der Waals surface area (Å²) in [6.07, 6.45) is 2.44. The number of thiophene rings is 1. The summed E-state index contributed by atoms with van der Waals surface area (Å²) in [5.74, 6) is 0.839. The highest BCUT2D eigenvalue weighted by Gasteiger charge is 2.24. The molecule has 0 bridgehead atoms. The molecule has 0 saturated carbocycles. The summed E-state index contributed by atoms with van der Waals surface area (Å²) in [5.41, 5.74) is 3.46. The van der Waals surface area contributed by atoms with Crippen molar-refractivity contribution in [2.75, 3.05) is 19.6 Å². The summed E-state index contributed by atoms with van der Waals surface area (Å²) in [6.45, 7) is 4.81. The van der Waals surface area contributed by atoms with E-state index in [1.807, 2.05) is 43.3 Å². The Kier molecular flexibility index (Phi) is 6.32. The topological polar surface area (TPSA) is 71.3 Å². The van der Waals surface area contributed by atoms with Crippen LogP contribution >= 0.6 is 11.3 Å². The molecule has 1 unspecified atom stereocenters. The van der Waals surface area contributed by atoms with E-state index in [4.69, 9.17) is 4.42 Å². The van der Waals surface area contributed by atoms with E-state index in [1.54, 1.807) is 23.5 Å². The van der Waals surface area contributed by atoms with Crippen LogP contribution in [0.4, 0.5) is 0 Å². The highest BCUT2D eigenvalue weighted by Crippen LogP contribution is 2.28. The minimum absolute atomic E-state index is 0.0758. The molecule has 7 heteroatoms. The van der Waals surface area contributed by atoms with Crippen molar-refractivity contribution in [3.05, 3.63) is 82.0 Å². The van der Waals surface area contributed by atoms with E-state index in [0.717, 1.165) is 24.2 Å². The van der Waals surface area contributed by atoms with E-state index in [-0.39, 0.29) is 11.9 Å². The first-order valence-corrected chi connectivity index (χ1v) is 12.1. The predicted molar refractivity (Wildman–Crippen MR) is 130 cm³/mol. The van der Waals surface area contributed by atoms with Gasteiger partial charge in [0, 0.05) is 28.1 Å². The van der Waals surface area contributed by atoms with Gasteiger partial charge in [-0.05, 0) is 80.7 Å². The summed E-state index contributed by atoms with van der Waals surface area (Å²) in [7, 11) is 0. The van der Waals surface area contributed by atoms with Crippen molar-refractivity contribution in [1.29, 1.82) is 0 Å². The Balaban J connectivity index is 1.24. The van der Waals surface area contributed by atoms with E-state index in [1.165, 1.54) is 23.3 Å². The molecule has 5 rings (SSSR count). The lowest BCUT2D eigenvalue weighted by molar-refractivity contribution is 0.0938. The normalized spacial score (nSPS) is 14.9. The van der Waals surface area contributed by atoms with Crippen molar-refractivity contribution in [3.63, 3.8) is 0 Å². The zero-order chi connectivity index (χ0) is 22.6. The molecule has 0 aliphatic carbocycles. The van der Waals surface area contributed by atoms with Crippen LogP contribution in [0.3, 0.4) is 0 Å². The number of aromatic nitrogens is 2. The molecule has 3 heterocycles. The van der Waals surface area contributed by atoms with Gasteiger partial charge in [-0.3, -0.25) is 9.69 Å². The molecule has 2 aromatic heterocycles. The quantitative estimate of drug-likeness (QED) is 0.405. The summed E-state index contributed by atoms with van der Waals surface area (Å²) >= 11 is 1.75. The fraction of sp³-hybridized carbons (Fsp3) is 0.269. The number of aryl methyl sites for hydroxylation is 1. The Morgan fingerprint density at radius 3 is 2.24 bits per heavy atom. The first-order valence-electron chi connectivity index (χ1n) is 11.2. The average molecular weight is 459 g/mol. The lowest BCUT2D eigenvalue weighted by atomic mass is 10.1. The maximum Gasteiger partial charge on any atom is 0.251 e. The molecular formula is C26H26N4O2S. The lowest BCUT2D eigenvalue weighted by Crippen LogP contribution is -2.36. The van der Waals surface area contributed by atoms with E-state index >= 15 is 0 Å². The van der Waals surface area contributed by atoms with Crippen LogP contribution < -0.4 is 5.32 Å². The third kappa shape index (κ3) is 4.89. The van der Waals surface area contributed by atoms with Crippen LogP contribution in [0.25, 0.3) is 22.9 Å². The van der Waals surface area contributed by atoms with Crippen molar-refractivity contribution >= 4 is 17.2 Å². The van der Waals surface area contributed by atoms with Gasteiger partial charge in [-0.15, -0.1) is 21.5 Å². The largest absolute Gasteiger partial charge is 0.416 e. The molecule has 1 atom stereocenters. The van der Waals surface area contributed by atoms with Gasteiger partial charge in [-0.1, -0.05) is 23.8 Å². The van der Waals surface area contributed by atoms with Crippen molar-refractivity contribution in [2.45, 2.75) is 25.8 Å². The van der Waals surface area contributed by atoms with Crippen LogP contribution in [0.5, 0.6) is 0 Å². The maximum absolute atomic E-state index is 12.8. The number of amides is 1. The fourth-order valence-corrected chi connectivity index (χ4v) is 5.01. The second-order valence-corrected chi connectivity index (χ2v) is 9.32. The van der Waals surface area contributed by atoms with Gasteiger partial charge in [0.1, 0.15) is 0 Å². The first kappa shape index (κ1) is 21.6. The first-order chi connectivity index (χ1) is 16.2. The average Bonchev–Trinajstić information content (AvgIpc) is 3.63. The third-order valence-corrected chi connectivity index (χ3v) is 7.00. The number of benzene rings is 2. The Labute approximate surface area is 197 Å². The van der Waals surface area contributed by atoms with Crippen molar-refractivity contribution in [2.24, 2.45) is 0 Å². The van der Waals surface area contributed by atoms with Crippen LogP contribution in [0.2, 0.25) is 0 Å². The van der Waals surface area contributed by atoms with Gasteiger partial charge >= 0.3 is 0 Å². The molecule has 168 valence electrons. The van der Waals surface area contributed by atoms with Gasteiger partial charge < -0.3 is 9.73 Å². The summed E-state index contributed by atoms with van der Waals surface area (Å²) < 4.78 is 5.85. The van der Waals surface area contributed by atoms with Crippen LogP contribution in [-0.4, -0.2) is 40.6 Å². The number of rotatable bonds is 7. The standard InChI is InChI=1S/C26H26N4O2S/c1-18-6-8-20(9-7-18)25-28-29-26(32-25)21-12-10-19(11-13-21)24(31)27-17-22(23-5-4-16-33-23)30-14-2-3-15-30/h4-13,16,22H,2-3,14-15,17H2,1H3,(H,27,31).